The van der Waals surface area contributed by atoms with Crippen molar-refractivity contribution in [3.05, 3.63) is 65.5 Å². The molecule has 2 atom stereocenters. The summed E-state index contributed by atoms with van der Waals surface area (Å²) in [7, 11) is 0. The number of H-pyrrole nitrogens is 1. The van der Waals surface area contributed by atoms with Crippen molar-refractivity contribution in [2.75, 3.05) is 6.54 Å². The third-order valence-corrected chi connectivity index (χ3v) is 7.12. The van der Waals surface area contributed by atoms with E-state index in [2.05, 4.69) is 27.4 Å². The molecule has 3 aromatic rings. The van der Waals surface area contributed by atoms with E-state index in [-0.39, 0.29) is 28.3 Å². The summed E-state index contributed by atoms with van der Waals surface area (Å²) in [5.74, 6) is -0.172. The number of aromatic nitrogens is 2. The number of likely N-dealkylation sites (N-methyl/N-ethyl adjacent to an activating group) is 1. The van der Waals surface area contributed by atoms with E-state index in [1.54, 1.807) is 0 Å². The molecule has 0 saturated heterocycles. The zero-order valence-corrected chi connectivity index (χ0v) is 17.8. The standard InChI is InChI=1S/C24H25F3N4O/c1-2-31(21(32)20-29-18-10-9-17(24(25,26)27)13-19(18)30-20)23-12-6-11-22(23,15-23)28-14-16-7-4-3-5-8-16/h3-5,7-10,13,28H,2,6,11-12,14-15H2,1H3,(H,29,30)/t22-,23+/m0/s1. The number of rotatable bonds is 6. The van der Waals surface area contributed by atoms with Gasteiger partial charge in [-0.1, -0.05) is 30.3 Å². The van der Waals surface area contributed by atoms with Crippen molar-refractivity contribution in [1.29, 1.82) is 0 Å². The molecule has 2 aliphatic carbocycles. The first-order valence-electron chi connectivity index (χ1n) is 11.0. The number of nitrogens with one attached hydrogen (secondary N) is 2. The van der Waals surface area contributed by atoms with Crippen LogP contribution in [0.5, 0.6) is 0 Å². The molecule has 2 saturated carbocycles. The van der Waals surface area contributed by atoms with Crippen LogP contribution >= 0.6 is 0 Å². The van der Waals surface area contributed by atoms with E-state index in [4.69, 9.17) is 0 Å². The van der Waals surface area contributed by atoms with Gasteiger partial charge in [0.1, 0.15) is 0 Å². The molecule has 32 heavy (non-hydrogen) atoms. The first kappa shape index (κ1) is 21.0. The normalized spacial score (nSPS) is 24.5. The maximum absolute atomic E-state index is 13.4. The third kappa shape index (κ3) is 3.28. The van der Waals surface area contributed by atoms with Gasteiger partial charge in [0.2, 0.25) is 0 Å². The second-order valence-corrected chi connectivity index (χ2v) is 8.85. The number of halogens is 3. The van der Waals surface area contributed by atoms with E-state index in [9.17, 15) is 18.0 Å². The first-order valence-corrected chi connectivity index (χ1v) is 11.0. The quantitative estimate of drug-likeness (QED) is 0.571. The molecule has 2 N–H and O–H groups in total. The fourth-order valence-corrected chi connectivity index (χ4v) is 5.51. The number of hydrogen-bond donors (Lipinski definition) is 2. The maximum atomic E-state index is 13.4. The number of carbonyl (C=O) groups is 1. The van der Waals surface area contributed by atoms with Gasteiger partial charge >= 0.3 is 6.18 Å². The average Bonchev–Trinajstić information content (AvgIpc) is 3.07. The van der Waals surface area contributed by atoms with E-state index < -0.39 is 11.7 Å². The van der Waals surface area contributed by atoms with Crippen molar-refractivity contribution in [3.63, 3.8) is 0 Å². The predicted octanol–water partition coefficient (Wildman–Crippen LogP) is 4.90. The SMILES string of the molecule is CCN(C(=O)c1nc2cc(C(F)(F)F)ccc2[nH]1)[C@@]12CCC[C@]1(NCc1ccccc1)C2. The van der Waals surface area contributed by atoms with E-state index in [0.717, 1.165) is 44.4 Å². The van der Waals surface area contributed by atoms with Crippen LogP contribution in [0.2, 0.25) is 0 Å². The minimum atomic E-state index is -4.45. The summed E-state index contributed by atoms with van der Waals surface area (Å²) >= 11 is 0. The lowest BCUT2D eigenvalue weighted by molar-refractivity contribution is -0.137. The smallest absolute Gasteiger partial charge is 0.334 e. The van der Waals surface area contributed by atoms with Gasteiger partial charge in [0, 0.05) is 18.6 Å². The molecule has 1 heterocycles. The van der Waals surface area contributed by atoms with Crippen molar-refractivity contribution < 1.29 is 18.0 Å². The van der Waals surface area contributed by atoms with Gasteiger partial charge in [-0.3, -0.25) is 4.79 Å². The maximum Gasteiger partial charge on any atom is 0.416 e. The summed E-state index contributed by atoms with van der Waals surface area (Å²) in [5, 5.41) is 3.71. The zero-order chi connectivity index (χ0) is 22.6. The van der Waals surface area contributed by atoms with Crippen molar-refractivity contribution in [1.82, 2.24) is 20.2 Å². The molecule has 8 heteroatoms. The Morgan fingerprint density at radius 2 is 1.97 bits per heavy atom. The second-order valence-electron chi connectivity index (χ2n) is 8.85. The van der Waals surface area contributed by atoms with Crippen molar-refractivity contribution in [2.24, 2.45) is 0 Å². The minimum Gasteiger partial charge on any atom is -0.334 e. The predicted molar refractivity (Wildman–Crippen MR) is 115 cm³/mol. The molecular formula is C24H25F3N4O. The van der Waals surface area contributed by atoms with E-state index >= 15 is 0 Å². The van der Waals surface area contributed by atoms with Crippen LogP contribution in [0, 0.1) is 0 Å². The summed E-state index contributed by atoms with van der Waals surface area (Å²) in [6.07, 6.45) is -0.634. The monoisotopic (exact) mass is 442 g/mol. The lowest BCUT2D eigenvalue weighted by Gasteiger charge is -2.32. The lowest BCUT2D eigenvalue weighted by Crippen LogP contribution is -2.49. The molecule has 0 bridgehead atoms. The fourth-order valence-electron chi connectivity index (χ4n) is 5.51. The highest BCUT2D eigenvalue weighted by Gasteiger charge is 2.73. The van der Waals surface area contributed by atoms with Crippen molar-refractivity contribution in [3.8, 4) is 0 Å². The Kier molecular flexibility index (Phi) is 4.81. The zero-order valence-electron chi connectivity index (χ0n) is 17.8. The molecule has 5 rings (SSSR count). The molecule has 1 aromatic heterocycles. The molecule has 1 amide bonds. The molecule has 2 aromatic carbocycles. The van der Waals surface area contributed by atoms with Gasteiger partial charge in [0.25, 0.3) is 5.91 Å². The first-order chi connectivity index (χ1) is 15.3. The molecule has 0 radical (unpaired) electrons. The van der Waals surface area contributed by atoms with Gasteiger partial charge < -0.3 is 15.2 Å². The lowest BCUT2D eigenvalue weighted by atomic mass is 10.1. The van der Waals surface area contributed by atoms with E-state index in [1.165, 1.54) is 11.6 Å². The highest BCUT2D eigenvalue weighted by Crippen LogP contribution is 2.63. The van der Waals surface area contributed by atoms with Crippen molar-refractivity contribution >= 4 is 16.9 Å². The number of imidazole rings is 1. The van der Waals surface area contributed by atoms with Gasteiger partial charge in [-0.2, -0.15) is 13.2 Å². The summed E-state index contributed by atoms with van der Waals surface area (Å²) in [4.78, 5) is 22.5. The van der Waals surface area contributed by atoms with Gasteiger partial charge in [0.15, 0.2) is 5.82 Å². The van der Waals surface area contributed by atoms with Gasteiger partial charge in [0.05, 0.1) is 22.1 Å². The Morgan fingerprint density at radius 1 is 1.19 bits per heavy atom. The van der Waals surface area contributed by atoms with Crippen LogP contribution in [0.15, 0.2) is 48.5 Å². The highest BCUT2D eigenvalue weighted by atomic mass is 19.4. The largest absolute Gasteiger partial charge is 0.416 e. The number of alkyl halides is 3. The van der Waals surface area contributed by atoms with E-state index in [1.807, 2.05) is 30.0 Å². The number of aromatic amines is 1. The van der Waals surface area contributed by atoms with Crippen LogP contribution in [0.25, 0.3) is 11.0 Å². The fraction of sp³-hybridized carbons (Fsp3) is 0.417. The summed E-state index contributed by atoms with van der Waals surface area (Å²) in [5.41, 5.74) is 0.594. The molecule has 2 fully saturated rings. The number of carbonyl (C=O) groups excluding carboxylic acids is 1. The van der Waals surface area contributed by atoms with E-state index in [0.29, 0.717) is 12.1 Å². The van der Waals surface area contributed by atoms with Crippen LogP contribution in [-0.2, 0) is 12.7 Å². The van der Waals surface area contributed by atoms with Gasteiger partial charge in [-0.15, -0.1) is 0 Å². The summed E-state index contributed by atoms with van der Waals surface area (Å²) < 4.78 is 39.1. The Labute approximate surface area is 184 Å². The number of hydrogen-bond acceptors (Lipinski definition) is 3. The Balaban J connectivity index is 1.39. The van der Waals surface area contributed by atoms with Crippen LogP contribution < -0.4 is 5.32 Å². The Morgan fingerprint density at radius 3 is 2.69 bits per heavy atom. The average molecular weight is 442 g/mol. The van der Waals surface area contributed by atoms with Crippen LogP contribution in [0.3, 0.4) is 0 Å². The second kappa shape index (κ2) is 7.33. The molecule has 5 nitrogen and oxygen atoms in total. The Hall–Kier alpha value is -2.87. The molecule has 168 valence electrons. The Bertz CT molecular complexity index is 1160. The van der Waals surface area contributed by atoms with Crippen LogP contribution in [0.1, 0.15) is 54.4 Å². The third-order valence-electron chi connectivity index (χ3n) is 7.12. The summed E-state index contributed by atoms with van der Waals surface area (Å²) in [6.45, 7) is 3.19. The molecule has 0 unspecified atom stereocenters. The number of benzene rings is 2. The molecular weight excluding hydrogens is 417 g/mol. The summed E-state index contributed by atoms with van der Waals surface area (Å²) in [6, 6.07) is 13.5. The number of nitrogens with zero attached hydrogens (tertiary/aromatic N) is 2. The van der Waals surface area contributed by atoms with Crippen LogP contribution in [-0.4, -0.2) is 38.4 Å². The minimum absolute atomic E-state index is 0.0892. The molecule has 2 aliphatic rings. The van der Waals surface area contributed by atoms with Gasteiger partial charge in [-0.25, -0.2) is 4.98 Å². The number of fused-ring (bicyclic) bond motifs is 2. The number of amides is 1. The van der Waals surface area contributed by atoms with Gasteiger partial charge in [-0.05, 0) is 56.4 Å². The highest BCUT2D eigenvalue weighted by molar-refractivity contribution is 5.95. The topological polar surface area (TPSA) is 61.0 Å². The van der Waals surface area contributed by atoms with Crippen molar-refractivity contribution in [2.45, 2.75) is 56.4 Å². The van der Waals surface area contributed by atoms with Crippen LogP contribution in [0.4, 0.5) is 13.2 Å². The molecule has 0 aliphatic heterocycles. The molecule has 0 spiro atoms.